The minimum absolute atomic E-state index is 0.117. The van der Waals surface area contributed by atoms with E-state index in [1.807, 2.05) is 42.5 Å². The molecule has 0 atom stereocenters. The zero-order valence-electron chi connectivity index (χ0n) is 19.1. The summed E-state index contributed by atoms with van der Waals surface area (Å²) in [5.74, 6) is 0.584. The number of ether oxygens (including phenoxy) is 2. The zero-order valence-corrected chi connectivity index (χ0v) is 19.9. The number of likely N-dealkylation sites (tertiary alicyclic amines) is 1. The van der Waals surface area contributed by atoms with Gasteiger partial charge in [0.25, 0.3) is 5.91 Å². The second kappa shape index (κ2) is 10.1. The van der Waals surface area contributed by atoms with Crippen molar-refractivity contribution < 1.29 is 19.1 Å². The highest BCUT2D eigenvalue weighted by Gasteiger charge is 2.57. The Labute approximate surface area is 199 Å². The number of hydrogen-bond donors (Lipinski definition) is 0. The molecule has 2 heterocycles. The Hall–Kier alpha value is -2.61. The molecule has 0 saturated carbocycles. The van der Waals surface area contributed by atoms with Gasteiger partial charge in [-0.15, -0.1) is 0 Å². The first-order chi connectivity index (χ1) is 16.0. The molecule has 0 aliphatic carbocycles. The lowest BCUT2D eigenvalue weighted by atomic mass is 9.85. The van der Waals surface area contributed by atoms with E-state index in [0.29, 0.717) is 31.7 Å². The lowest BCUT2D eigenvalue weighted by molar-refractivity contribution is -0.136. The number of carbonyl (C=O) groups excluding carboxylic acids is 2. The van der Waals surface area contributed by atoms with Crippen LogP contribution in [0.3, 0.4) is 0 Å². The molecule has 0 aromatic heterocycles. The molecule has 3 amide bonds. The van der Waals surface area contributed by atoms with E-state index in [1.54, 1.807) is 19.1 Å². The van der Waals surface area contributed by atoms with Gasteiger partial charge >= 0.3 is 6.03 Å². The maximum Gasteiger partial charge on any atom is 0.328 e. The number of carbonyl (C=O) groups is 2. The van der Waals surface area contributed by atoms with Gasteiger partial charge in [0.15, 0.2) is 0 Å². The fourth-order valence-electron chi connectivity index (χ4n) is 4.83. The van der Waals surface area contributed by atoms with Crippen molar-refractivity contribution in [1.29, 1.82) is 0 Å². The number of imide groups is 1. The van der Waals surface area contributed by atoms with E-state index in [0.717, 1.165) is 35.8 Å². The van der Waals surface area contributed by atoms with Crippen molar-refractivity contribution in [2.24, 2.45) is 0 Å². The van der Waals surface area contributed by atoms with Gasteiger partial charge in [0.05, 0.1) is 20.3 Å². The third-order valence-corrected chi connectivity index (χ3v) is 6.83. The van der Waals surface area contributed by atoms with Gasteiger partial charge in [-0.2, -0.15) is 0 Å². The highest BCUT2D eigenvalue weighted by molar-refractivity contribution is 6.30. The number of benzene rings is 2. The number of halogens is 1. The summed E-state index contributed by atoms with van der Waals surface area (Å²) >= 11 is 6.13. The van der Waals surface area contributed by atoms with Crippen molar-refractivity contribution in [1.82, 2.24) is 14.7 Å². The third kappa shape index (κ3) is 4.86. The molecule has 33 heavy (non-hydrogen) atoms. The Kier molecular flexibility index (Phi) is 7.22. The van der Waals surface area contributed by atoms with Gasteiger partial charge < -0.3 is 14.4 Å². The van der Waals surface area contributed by atoms with Crippen molar-refractivity contribution in [3.63, 3.8) is 0 Å². The quantitative estimate of drug-likeness (QED) is 0.548. The summed E-state index contributed by atoms with van der Waals surface area (Å²) in [6.07, 6.45) is 1.19. The second-order valence-corrected chi connectivity index (χ2v) is 9.04. The molecule has 1 spiro atoms. The molecule has 2 aliphatic heterocycles. The van der Waals surface area contributed by atoms with Crippen molar-refractivity contribution in [3.05, 3.63) is 64.7 Å². The first-order valence-electron chi connectivity index (χ1n) is 11.2. The van der Waals surface area contributed by atoms with E-state index in [9.17, 15) is 9.59 Å². The standard InChI is InChI=1S/C25H30ClN3O4/c1-32-14-13-29-24(31)28(18-20-6-4-8-22(16-20)33-2)23(30)25(29)9-11-27(12-10-25)17-19-5-3-7-21(26)15-19/h3-8,15-16H,9-14,17-18H2,1-2H3. The van der Waals surface area contributed by atoms with Gasteiger partial charge in [-0.05, 0) is 48.2 Å². The van der Waals surface area contributed by atoms with Crippen LogP contribution in [-0.4, -0.2) is 72.6 Å². The van der Waals surface area contributed by atoms with Crippen LogP contribution in [0, 0.1) is 0 Å². The van der Waals surface area contributed by atoms with Gasteiger partial charge in [-0.1, -0.05) is 35.9 Å². The van der Waals surface area contributed by atoms with Crippen molar-refractivity contribution in [2.75, 3.05) is 40.5 Å². The molecular weight excluding hydrogens is 442 g/mol. The molecule has 2 aromatic carbocycles. The fourth-order valence-corrected chi connectivity index (χ4v) is 5.04. The maximum absolute atomic E-state index is 13.7. The normalized spacial score (nSPS) is 18.4. The number of nitrogens with zero attached hydrogens (tertiary/aromatic N) is 3. The lowest BCUT2D eigenvalue weighted by Crippen LogP contribution is -2.57. The Morgan fingerprint density at radius 2 is 1.67 bits per heavy atom. The Morgan fingerprint density at radius 1 is 0.970 bits per heavy atom. The summed E-state index contributed by atoms with van der Waals surface area (Å²) < 4.78 is 10.5. The summed E-state index contributed by atoms with van der Waals surface area (Å²) in [4.78, 5) is 32.5. The van der Waals surface area contributed by atoms with Crippen molar-refractivity contribution >= 4 is 23.5 Å². The molecule has 8 heteroatoms. The summed E-state index contributed by atoms with van der Waals surface area (Å²) in [6.45, 7) is 3.23. The topological polar surface area (TPSA) is 62.3 Å². The molecule has 2 aliphatic rings. The molecule has 0 unspecified atom stereocenters. The lowest BCUT2D eigenvalue weighted by Gasteiger charge is -2.42. The molecule has 4 rings (SSSR count). The van der Waals surface area contributed by atoms with Crippen LogP contribution in [0.5, 0.6) is 5.75 Å². The van der Waals surface area contributed by atoms with Crippen LogP contribution in [0.25, 0.3) is 0 Å². The van der Waals surface area contributed by atoms with E-state index >= 15 is 0 Å². The van der Waals surface area contributed by atoms with Crippen LogP contribution in [0.4, 0.5) is 4.79 Å². The molecule has 2 saturated heterocycles. The van der Waals surface area contributed by atoms with Crippen molar-refractivity contribution in [2.45, 2.75) is 31.5 Å². The summed E-state index contributed by atoms with van der Waals surface area (Å²) in [6, 6.07) is 15.1. The molecule has 0 bridgehead atoms. The molecule has 0 radical (unpaired) electrons. The summed E-state index contributed by atoms with van der Waals surface area (Å²) in [7, 11) is 3.21. The predicted molar refractivity (Wildman–Crippen MR) is 126 cm³/mol. The van der Waals surface area contributed by atoms with E-state index in [1.165, 1.54) is 4.90 Å². The minimum Gasteiger partial charge on any atom is -0.497 e. The predicted octanol–water partition coefficient (Wildman–Crippen LogP) is 3.79. The SMILES string of the molecule is COCCN1C(=O)N(Cc2cccc(OC)c2)C(=O)C12CCN(Cc1cccc(Cl)c1)CC2. The average Bonchev–Trinajstić information content (AvgIpc) is 3.00. The first kappa shape index (κ1) is 23.5. The van der Waals surface area contributed by atoms with E-state index < -0.39 is 5.54 Å². The highest BCUT2D eigenvalue weighted by Crippen LogP contribution is 2.38. The fraction of sp³-hybridized carbons (Fsp3) is 0.440. The van der Waals surface area contributed by atoms with Gasteiger partial charge in [-0.3, -0.25) is 14.6 Å². The Morgan fingerprint density at radius 3 is 2.33 bits per heavy atom. The van der Waals surface area contributed by atoms with Crippen LogP contribution in [-0.2, 0) is 22.6 Å². The molecule has 0 N–H and O–H groups in total. The van der Waals surface area contributed by atoms with Gasteiger partial charge in [-0.25, -0.2) is 4.79 Å². The number of amides is 3. The Bertz CT molecular complexity index is 1010. The van der Waals surface area contributed by atoms with Crippen LogP contribution in [0.1, 0.15) is 24.0 Å². The van der Waals surface area contributed by atoms with Crippen LogP contribution in [0.15, 0.2) is 48.5 Å². The molecule has 7 nitrogen and oxygen atoms in total. The molecule has 2 fully saturated rings. The Balaban J connectivity index is 1.51. The van der Waals surface area contributed by atoms with Crippen molar-refractivity contribution in [3.8, 4) is 5.75 Å². The molecule has 2 aromatic rings. The second-order valence-electron chi connectivity index (χ2n) is 8.61. The van der Waals surface area contributed by atoms with Crippen LogP contribution < -0.4 is 4.74 Å². The zero-order chi connectivity index (χ0) is 23.4. The first-order valence-corrected chi connectivity index (χ1v) is 11.6. The van der Waals surface area contributed by atoms with Gasteiger partial charge in [0.2, 0.25) is 0 Å². The van der Waals surface area contributed by atoms with E-state index in [-0.39, 0.29) is 18.5 Å². The highest BCUT2D eigenvalue weighted by atomic mass is 35.5. The minimum atomic E-state index is -0.820. The largest absolute Gasteiger partial charge is 0.497 e. The van der Waals surface area contributed by atoms with Crippen LogP contribution in [0.2, 0.25) is 5.02 Å². The number of rotatable bonds is 8. The maximum atomic E-state index is 13.7. The number of urea groups is 1. The number of methoxy groups -OCH3 is 2. The number of hydrogen-bond acceptors (Lipinski definition) is 5. The van der Waals surface area contributed by atoms with Crippen LogP contribution >= 0.6 is 11.6 Å². The monoisotopic (exact) mass is 471 g/mol. The van der Waals surface area contributed by atoms with Gasteiger partial charge in [0, 0.05) is 38.3 Å². The number of piperidine rings is 1. The third-order valence-electron chi connectivity index (χ3n) is 6.59. The van der Waals surface area contributed by atoms with E-state index in [2.05, 4.69) is 11.0 Å². The van der Waals surface area contributed by atoms with E-state index in [4.69, 9.17) is 21.1 Å². The average molecular weight is 472 g/mol. The summed E-state index contributed by atoms with van der Waals surface area (Å²) in [5, 5.41) is 0.719. The van der Waals surface area contributed by atoms with Gasteiger partial charge in [0.1, 0.15) is 11.3 Å². The molecule has 176 valence electrons. The summed E-state index contributed by atoms with van der Waals surface area (Å²) in [5.41, 5.74) is 1.18. The smallest absolute Gasteiger partial charge is 0.328 e. The molecular formula is C25H30ClN3O4.